The number of amides is 1. The molecule has 0 aromatic heterocycles. The van der Waals surface area contributed by atoms with Gasteiger partial charge in [0.1, 0.15) is 11.9 Å². The van der Waals surface area contributed by atoms with Gasteiger partial charge in [-0.1, -0.05) is 13.0 Å². The van der Waals surface area contributed by atoms with Crippen LogP contribution in [-0.2, 0) is 4.79 Å². The molecule has 2 N–H and O–H groups in total. The zero-order chi connectivity index (χ0) is 13.8. The molecule has 1 saturated heterocycles. The van der Waals surface area contributed by atoms with Gasteiger partial charge in [0.05, 0.1) is 12.1 Å². The van der Waals surface area contributed by atoms with E-state index in [0.717, 1.165) is 19.3 Å². The molecule has 2 saturated carbocycles. The van der Waals surface area contributed by atoms with Gasteiger partial charge in [0, 0.05) is 11.5 Å². The number of likely N-dealkylation sites (tertiary alicyclic amines) is 1. The third-order valence-corrected chi connectivity index (χ3v) is 5.16. The van der Waals surface area contributed by atoms with E-state index in [9.17, 15) is 9.18 Å². The van der Waals surface area contributed by atoms with Crippen LogP contribution in [0.3, 0.4) is 0 Å². The Hall–Kier alpha value is -1.41. The van der Waals surface area contributed by atoms with Gasteiger partial charge in [0.15, 0.2) is 0 Å². The van der Waals surface area contributed by atoms with Crippen molar-refractivity contribution in [2.24, 2.45) is 17.1 Å². The molecule has 4 nitrogen and oxygen atoms in total. The molecule has 1 aliphatic heterocycles. The van der Waals surface area contributed by atoms with E-state index < -0.39 is 17.3 Å². The summed E-state index contributed by atoms with van der Waals surface area (Å²) in [6, 6.07) is 1.04. The molecule has 3 fully saturated rings. The topological polar surface area (TPSA) is 70.1 Å². The highest BCUT2D eigenvalue weighted by Gasteiger charge is 2.58. The Morgan fingerprint density at radius 3 is 2.68 bits per heavy atom. The van der Waals surface area contributed by atoms with Gasteiger partial charge in [-0.05, 0) is 31.6 Å². The SMILES string of the molecule is C=C(F)C1(C(N)C(=O)N2C(C#N)CC3CC32)CCC1. The fraction of sp³-hybridized carbons (Fsp3) is 0.714. The van der Waals surface area contributed by atoms with Crippen LogP contribution in [0.2, 0.25) is 0 Å². The van der Waals surface area contributed by atoms with E-state index in [4.69, 9.17) is 11.0 Å². The van der Waals surface area contributed by atoms with Crippen molar-refractivity contribution in [1.82, 2.24) is 4.90 Å². The van der Waals surface area contributed by atoms with Gasteiger partial charge < -0.3 is 10.6 Å². The van der Waals surface area contributed by atoms with Gasteiger partial charge in [0.25, 0.3) is 0 Å². The van der Waals surface area contributed by atoms with Gasteiger partial charge in [-0.15, -0.1) is 0 Å². The fourth-order valence-electron chi connectivity index (χ4n) is 3.59. The quantitative estimate of drug-likeness (QED) is 0.838. The van der Waals surface area contributed by atoms with Gasteiger partial charge in [-0.25, -0.2) is 4.39 Å². The second-order valence-electron chi connectivity index (χ2n) is 6.08. The fourth-order valence-corrected chi connectivity index (χ4v) is 3.59. The van der Waals surface area contributed by atoms with Crippen LogP contribution in [0.5, 0.6) is 0 Å². The highest BCUT2D eigenvalue weighted by Crippen LogP contribution is 2.52. The normalized spacial score (nSPS) is 35.8. The zero-order valence-corrected chi connectivity index (χ0v) is 10.8. The molecule has 102 valence electrons. The predicted molar refractivity (Wildman–Crippen MR) is 67.3 cm³/mol. The van der Waals surface area contributed by atoms with Crippen LogP contribution in [0, 0.1) is 22.7 Å². The lowest BCUT2D eigenvalue weighted by molar-refractivity contribution is -0.138. The molecule has 5 heteroatoms. The van der Waals surface area contributed by atoms with Crippen molar-refractivity contribution >= 4 is 5.91 Å². The van der Waals surface area contributed by atoms with Crippen molar-refractivity contribution < 1.29 is 9.18 Å². The maximum atomic E-state index is 13.7. The summed E-state index contributed by atoms with van der Waals surface area (Å²) in [4.78, 5) is 14.1. The number of nitrogens with zero attached hydrogens (tertiary/aromatic N) is 2. The lowest BCUT2D eigenvalue weighted by atomic mass is 9.63. The smallest absolute Gasteiger partial charge is 0.241 e. The number of nitrogens with two attached hydrogens (primary N) is 1. The summed E-state index contributed by atoms with van der Waals surface area (Å²) in [5.74, 6) is -0.304. The maximum Gasteiger partial charge on any atom is 0.241 e. The Kier molecular flexibility index (Phi) is 2.68. The molecule has 3 aliphatic rings. The zero-order valence-electron chi connectivity index (χ0n) is 10.8. The monoisotopic (exact) mass is 263 g/mol. The van der Waals surface area contributed by atoms with E-state index in [1.165, 1.54) is 0 Å². The van der Waals surface area contributed by atoms with Gasteiger partial charge in [-0.3, -0.25) is 4.79 Å². The van der Waals surface area contributed by atoms with Crippen LogP contribution < -0.4 is 5.73 Å². The van der Waals surface area contributed by atoms with Crippen LogP contribution in [0.4, 0.5) is 4.39 Å². The summed E-state index contributed by atoms with van der Waals surface area (Å²) in [6.07, 6.45) is 3.73. The number of halogens is 1. The van der Waals surface area contributed by atoms with Crippen LogP contribution in [0.25, 0.3) is 0 Å². The standard InChI is InChI=1S/C14H18FN3O/c1-8(15)14(3-2-4-14)12(17)13(19)18-10(7-16)5-9-6-11(9)18/h9-12H,1-6,17H2. The van der Waals surface area contributed by atoms with Gasteiger partial charge >= 0.3 is 0 Å². The summed E-state index contributed by atoms with van der Waals surface area (Å²) in [5.41, 5.74) is 5.15. The number of rotatable bonds is 3. The minimum absolute atomic E-state index is 0.160. The third kappa shape index (κ3) is 1.63. The Bertz CT molecular complexity index is 480. The number of nitriles is 1. The third-order valence-electron chi connectivity index (χ3n) is 5.16. The number of piperidine rings is 1. The average Bonchev–Trinajstić information content (AvgIpc) is 2.97. The van der Waals surface area contributed by atoms with Crippen molar-refractivity contribution in [2.45, 2.75) is 50.2 Å². The first kappa shape index (κ1) is 12.6. The van der Waals surface area contributed by atoms with Crippen LogP contribution in [0.15, 0.2) is 12.4 Å². The highest BCUT2D eigenvalue weighted by molar-refractivity contribution is 5.85. The molecule has 0 aromatic rings. The van der Waals surface area contributed by atoms with Gasteiger partial charge in [0.2, 0.25) is 5.91 Å². The van der Waals surface area contributed by atoms with Crippen molar-refractivity contribution in [1.29, 1.82) is 5.26 Å². The Morgan fingerprint density at radius 1 is 1.53 bits per heavy atom. The van der Waals surface area contributed by atoms with E-state index in [0.29, 0.717) is 18.8 Å². The lowest BCUT2D eigenvalue weighted by Gasteiger charge is -2.45. The maximum absolute atomic E-state index is 13.7. The average molecular weight is 263 g/mol. The molecule has 2 aliphatic carbocycles. The van der Waals surface area contributed by atoms with Crippen molar-refractivity contribution in [3.8, 4) is 6.07 Å². The van der Waals surface area contributed by atoms with Crippen LogP contribution in [0.1, 0.15) is 32.1 Å². The van der Waals surface area contributed by atoms with Crippen LogP contribution in [-0.4, -0.2) is 28.9 Å². The molecule has 0 spiro atoms. The number of carbonyl (C=O) groups excluding carboxylic acids is 1. The van der Waals surface area contributed by atoms with E-state index >= 15 is 0 Å². The summed E-state index contributed by atoms with van der Waals surface area (Å²) in [7, 11) is 0. The van der Waals surface area contributed by atoms with E-state index in [2.05, 4.69) is 12.6 Å². The van der Waals surface area contributed by atoms with Crippen molar-refractivity contribution in [2.75, 3.05) is 0 Å². The Morgan fingerprint density at radius 2 is 2.21 bits per heavy atom. The summed E-state index contributed by atoms with van der Waals surface area (Å²) < 4.78 is 13.7. The molecule has 0 radical (unpaired) electrons. The van der Waals surface area contributed by atoms with E-state index in [1.54, 1.807) is 4.90 Å². The lowest BCUT2D eigenvalue weighted by Crippen LogP contribution is -2.57. The number of fused-ring (bicyclic) bond motifs is 1. The molecular weight excluding hydrogens is 245 g/mol. The molecular formula is C14H18FN3O. The highest BCUT2D eigenvalue weighted by atomic mass is 19.1. The number of hydrogen-bond donors (Lipinski definition) is 1. The first-order chi connectivity index (χ1) is 9.01. The van der Waals surface area contributed by atoms with E-state index in [-0.39, 0.29) is 18.0 Å². The molecule has 19 heavy (non-hydrogen) atoms. The number of hydrogen-bond acceptors (Lipinski definition) is 3. The minimum atomic E-state index is -0.894. The Labute approximate surface area is 112 Å². The molecule has 1 heterocycles. The summed E-state index contributed by atoms with van der Waals surface area (Å²) >= 11 is 0. The molecule has 3 rings (SSSR count). The van der Waals surface area contributed by atoms with E-state index in [1.807, 2.05) is 0 Å². The van der Waals surface area contributed by atoms with Crippen molar-refractivity contribution in [3.63, 3.8) is 0 Å². The van der Waals surface area contributed by atoms with Crippen molar-refractivity contribution in [3.05, 3.63) is 12.4 Å². The largest absolute Gasteiger partial charge is 0.322 e. The molecule has 1 amide bonds. The van der Waals surface area contributed by atoms with Crippen LogP contribution >= 0.6 is 0 Å². The first-order valence-corrected chi connectivity index (χ1v) is 6.83. The molecule has 4 unspecified atom stereocenters. The second kappa shape index (κ2) is 4.04. The summed E-state index contributed by atoms with van der Waals surface area (Å²) in [5, 5.41) is 9.11. The predicted octanol–water partition coefficient (Wildman–Crippen LogP) is 1.48. The minimum Gasteiger partial charge on any atom is -0.322 e. The summed E-state index contributed by atoms with van der Waals surface area (Å²) in [6.45, 7) is 3.37. The van der Waals surface area contributed by atoms with Gasteiger partial charge in [-0.2, -0.15) is 5.26 Å². The second-order valence-corrected chi connectivity index (χ2v) is 6.08. The number of carbonyl (C=O) groups is 1. The molecule has 0 bridgehead atoms. The Balaban J connectivity index is 1.80. The molecule has 4 atom stereocenters. The first-order valence-electron chi connectivity index (χ1n) is 6.83. The molecule has 0 aromatic carbocycles.